The number of carbonyl (C=O) groups is 3. The van der Waals surface area contributed by atoms with Gasteiger partial charge >= 0.3 is 0 Å². The first kappa shape index (κ1) is 22.9. The van der Waals surface area contributed by atoms with Gasteiger partial charge in [-0.15, -0.1) is 0 Å². The first-order chi connectivity index (χ1) is 17.3. The van der Waals surface area contributed by atoms with Gasteiger partial charge in [0.1, 0.15) is 0 Å². The predicted octanol–water partition coefficient (Wildman–Crippen LogP) is 2.84. The molecule has 1 aliphatic heterocycles. The molecule has 0 spiro atoms. The third kappa shape index (κ3) is 3.76. The second kappa shape index (κ2) is 8.70. The van der Waals surface area contributed by atoms with Gasteiger partial charge in [0, 0.05) is 41.4 Å². The summed E-state index contributed by atoms with van der Waals surface area (Å²) in [6.07, 6.45) is 0. The number of nitrogens with one attached hydrogen (secondary N) is 2. The van der Waals surface area contributed by atoms with Gasteiger partial charge in [0.05, 0.1) is 23.3 Å². The molecule has 0 unspecified atom stereocenters. The van der Waals surface area contributed by atoms with E-state index in [1.807, 2.05) is 36.4 Å². The molecule has 6 N–H and O–H groups in total. The maximum Gasteiger partial charge on any atom is 0.256 e. The number of nitrogens with zero attached hydrogens (tertiary/aromatic N) is 2. The average Bonchev–Trinajstić information content (AvgIpc) is 3.45. The molecule has 1 aliphatic rings. The number of anilines is 1. The SMILES string of the molecule is C=C(CN1Cc2c(-c3ccc4[nH]nc(-c5cccc(C(=O)NC)c5)c4c3)ccc(N)c2C1=O)C(N)=O. The number of carbonyl (C=O) groups excluding carboxylic acids is 3. The minimum atomic E-state index is -0.648. The molecule has 9 nitrogen and oxygen atoms in total. The van der Waals surface area contributed by atoms with Crippen molar-refractivity contribution in [3.05, 3.63) is 83.4 Å². The highest BCUT2D eigenvalue weighted by Gasteiger charge is 2.32. The van der Waals surface area contributed by atoms with Gasteiger partial charge in [-0.25, -0.2) is 0 Å². The Morgan fingerprint density at radius 3 is 2.69 bits per heavy atom. The smallest absolute Gasteiger partial charge is 0.256 e. The van der Waals surface area contributed by atoms with Crippen LogP contribution in [0.5, 0.6) is 0 Å². The molecule has 0 fully saturated rings. The van der Waals surface area contributed by atoms with Crippen molar-refractivity contribution >= 4 is 34.3 Å². The minimum Gasteiger partial charge on any atom is -0.398 e. The van der Waals surface area contributed by atoms with Gasteiger partial charge < -0.3 is 21.7 Å². The van der Waals surface area contributed by atoms with Crippen molar-refractivity contribution in [1.29, 1.82) is 0 Å². The van der Waals surface area contributed by atoms with Crippen LogP contribution >= 0.6 is 0 Å². The van der Waals surface area contributed by atoms with Crippen molar-refractivity contribution in [2.45, 2.75) is 6.54 Å². The number of nitrogens with two attached hydrogens (primary N) is 2. The van der Waals surface area contributed by atoms with E-state index < -0.39 is 5.91 Å². The van der Waals surface area contributed by atoms with Gasteiger partial charge in [0.15, 0.2) is 0 Å². The lowest BCUT2D eigenvalue weighted by molar-refractivity contribution is -0.114. The van der Waals surface area contributed by atoms with Crippen LogP contribution in [0.3, 0.4) is 0 Å². The quantitative estimate of drug-likeness (QED) is 0.247. The molecule has 36 heavy (non-hydrogen) atoms. The molecule has 0 radical (unpaired) electrons. The van der Waals surface area contributed by atoms with Crippen LogP contribution in [-0.4, -0.2) is 46.4 Å². The molecule has 0 saturated carbocycles. The van der Waals surface area contributed by atoms with Crippen LogP contribution < -0.4 is 16.8 Å². The first-order valence-corrected chi connectivity index (χ1v) is 11.3. The van der Waals surface area contributed by atoms with E-state index in [1.54, 1.807) is 25.2 Å². The number of aromatic amines is 1. The van der Waals surface area contributed by atoms with E-state index in [1.165, 1.54) is 4.90 Å². The summed E-state index contributed by atoms with van der Waals surface area (Å²) in [4.78, 5) is 38.2. The maximum absolute atomic E-state index is 13.1. The van der Waals surface area contributed by atoms with Crippen molar-refractivity contribution in [2.75, 3.05) is 19.3 Å². The molecule has 3 amide bonds. The Hall–Kier alpha value is -4.92. The van der Waals surface area contributed by atoms with Gasteiger partial charge in [0.25, 0.3) is 11.8 Å². The number of H-pyrrole nitrogens is 1. The van der Waals surface area contributed by atoms with Crippen LogP contribution in [-0.2, 0) is 11.3 Å². The second-order valence-corrected chi connectivity index (χ2v) is 8.68. The van der Waals surface area contributed by atoms with E-state index in [-0.39, 0.29) is 30.5 Å². The highest BCUT2D eigenvalue weighted by atomic mass is 16.2. The molecule has 9 heteroatoms. The van der Waals surface area contributed by atoms with E-state index in [9.17, 15) is 14.4 Å². The number of amides is 3. The van der Waals surface area contributed by atoms with E-state index in [0.717, 1.165) is 33.2 Å². The zero-order chi connectivity index (χ0) is 25.6. The van der Waals surface area contributed by atoms with Crippen LogP contribution in [0.1, 0.15) is 26.3 Å². The third-order valence-corrected chi connectivity index (χ3v) is 6.42. The lowest BCUT2D eigenvalue weighted by Crippen LogP contribution is -2.30. The Labute approximate surface area is 206 Å². The monoisotopic (exact) mass is 480 g/mol. The van der Waals surface area contributed by atoms with Gasteiger partial charge in [-0.05, 0) is 47.0 Å². The lowest BCUT2D eigenvalue weighted by Gasteiger charge is -2.15. The zero-order valence-corrected chi connectivity index (χ0v) is 19.6. The van der Waals surface area contributed by atoms with Crippen molar-refractivity contribution in [3.63, 3.8) is 0 Å². The van der Waals surface area contributed by atoms with Crippen LogP contribution in [0.4, 0.5) is 5.69 Å². The van der Waals surface area contributed by atoms with Gasteiger partial charge in [0.2, 0.25) is 5.91 Å². The summed E-state index contributed by atoms with van der Waals surface area (Å²) in [5.74, 6) is -1.09. The standard InChI is InChI=1S/C27H24N6O3/c1-14(25(29)34)12-33-13-20-18(7-8-21(28)23(20)27(33)36)15-6-9-22-19(11-15)24(32-31-22)16-4-3-5-17(10-16)26(35)30-2/h3-11H,1,12-13,28H2,2H3,(H2,29,34)(H,30,35)(H,31,32). The Morgan fingerprint density at radius 1 is 1.14 bits per heavy atom. The summed E-state index contributed by atoms with van der Waals surface area (Å²) >= 11 is 0. The van der Waals surface area contributed by atoms with E-state index >= 15 is 0 Å². The minimum absolute atomic E-state index is 0.0360. The number of hydrogen-bond acceptors (Lipinski definition) is 5. The highest BCUT2D eigenvalue weighted by molar-refractivity contribution is 6.06. The van der Waals surface area contributed by atoms with Crippen molar-refractivity contribution in [2.24, 2.45) is 5.73 Å². The molecule has 0 bridgehead atoms. The van der Waals surface area contributed by atoms with Crippen LogP contribution in [0.2, 0.25) is 0 Å². The number of primary amides is 1. The van der Waals surface area contributed by atoms with Gasteiger partial charge in [-0.3, -0.25) is 19.5 Å². The number of fused-ring (bicyclic) bond motifs is 2. The summed E-state index contributed by atoms with van der Waals surface area (Å²) in [6, 6.07) is 16.7. The molecule has 0 atom stereocenters. The molecule has 4 aromatic rings. The van der Waals surface area contributed by atoms with Gasteiger partial charge in [-0.1, -0.05) is 30.8 Å². The van der Waals surface area contributed by atoms with Crippen LogP contribution in [0, 0.1) is 0 Å². The largest absolute Gasteiger partial charge is 0.398 e. The normalized spacial score (nSPS) is 12.6. The van der Waals surface area contributed by atoms with E-state index in [4.69, 9.17) is 11.5 Å². The molecular formula is C27H24N6O3. The van der Waals surface area contributed by atoms with Crippen LogP contribution in [0.25, 0.3) is 33.3 Å². The number of aromatic nitrogens is 2. The maximum atomic E-state index is 13.1. The zero-order valence-electron chi connectivity index (χ0n) is 19.6. The molecule has 0 aliphatic carbocycles. The molecule has 2 heterocycles. The first-order valence-electron chi connectivity index (χ1n) is 11.3. The molecule has 0 saturated heterocycles. The lowest BCUT2D eigenvalue weighted by atomic mass is 9.94. The van der Waals surface area contributed by atoms with Crippen molar-refractivity contribution in [1.82, 2.24) is 20.4 Å². The Kier molecular flexibility index (Phi) is 5.52. The number of rotatable bonds is 6. The van der Waals surface area contributed by atoms with Crippen molar-refractivity contribution < 1.29 is 14.4 Å². The summed E-state index contributed by atoms with van der Waals surface area (Å²) in [6.45, 7) is 3.99. The number of nitrogen functional groups attached to an aromatic ring is 1. The summed E-state index contributed by atoms with van der Waals surface area (Å²) < 4.78 is 0. The predicted molar refractivity (Wildman–Crippen MR) is 138 cm³/mol. The summed E-state index contributed by atoms with van der Waals surface area (Å²) in [5, 5.41) is 11.0. The summed E-state index contributed by atoms with van der Waals surface area (Å²) in [5.41, 5.74) is 17.9. The van der Waals surface area contributed by atoms with Crippen molar-refractivity contribution in [3.8, 4) is 22.4 Å². The van der Waals surface area contributed by atoms with Crippen LogP contribution in [0.15, 0.2) is 66.7 Å². The third-order valence-electron chi connectivity index (χ3n) is 6.42. The van der Waals surface area contributed by atoms with Gasteiger partial charge in [-0.2, -0.15) is 5.10 Å². The van der Waals surface area contributed by atoms with E-state index in [2.05, 4.69) is 22.1 Å². The molecule has 5 rings (SSSR count). The Morgan fingerprint density at radius 2 is 1.94 bits per heavy atom. The number of benzene rings is 3. The molecular weight excluding hydrogens is 456 g/mol. The topological polar surface area (TPSA) is 147 Å². The fourth-order valence-corrected chi connectivity index (χ4v) is 4.56. The fourth-order valence-electron chi connectivity index (χ4n) is 4.56. The highest BCUT2D eigenvalue weighted by Crippen LogP contribution is 2.38. The fraction of sp³-hybridized carbons (Fsp3) is 0.111. The Bertz CT molecular complexity index is 1590. The number of hydrogen-bond donors (Lipinski definition) is 4. The molecule has 180 valence electrons. The summed E-state index contributed by atoms with van der Waals surface area (Å²) in [7, 11) is 1.59. The molecule has 1 aromatic heterocycles. The molecule has 3 aromatic carbocycles. The second-order valence-electron chi connectivity index (χ2n) is 8.68. The Balaban J connectivity index is 1.58. The van der Waals surface area contributed by atoms with E-state index in [0.29, 0.717) is 22.5 Å². The average molecular weight is 481 g/mol.